The topological polar surface area (TPSA) is 41.0 Å². The van der Waals surface area contributed by atoms with Crippen LogP contribution in [0.25, 0.3) is 0 Å². The summed E-state index contributed by atoms with van der Waals surface area (Å²) >= 11 is 0. The van der Waals surface area contributed by atoms with Crippen molar-refractivity contribution in [3.8, 4) is 0 Å². The molecule has 1 aromatic rings. The Balaban J connectivity index is 1.78. The Labute approximate surface area is 90.7 Å². The molecule has 0 radical (unpaired) electrons. The fourth-order valence-electron chi connectivity index (χ4n) is 2.07. The summed E-state index contributed by atoms with van der Waals surface area (Å²) in [5.41, 5.74) is 0. The van der Waals surface area contributed by atoms with Crippen molar-refractivity contribution in [1.29, 1.82) is 0 Å². The van der Waals surface area contributed by atoms with Gasteiger partial charge in [0, 0.05) is 25.5 Å². The van der Waals surface area contributed by atoms with Crippen molar-refractivity contribution in [2.45, 2.75) is 12.8 Å². The zero-order chi connectivity index (χ0) is 10.5. The van der Waals surface area contributed by atoms with E-state index in [2.05, 4.69) is 27.2 Å². The van der Waals surface area contributed by atoms with Gasteiger partial charge in [-0.25, -0.2) is 9.97 Å². The molecule has 2 rings (SSSR count). The van der Waals surface area contributed by atoms with E-state index < -0.39 is 0 Å². The molecule has 0 spiro atoms. The summed E-state index contributed by atoms with van der Waals surface area (Å²) in [6.45, 7) is 3.40. The number of hydrogen-bond acceptors (Lipinski definition) is 4. The van der Waals surface area contributed by atoms with Gasteiger partial charge in [-0.1, -0.05) is 0 Å². The van der Waals surface area contributed by atoms with Crippen LogP contribution in [0.3, 0.4) is 0 Å². The molecule has 1 unspecified atom stereocenters. The molecule has 0 aromatic carbocycles. The first kappa shape index (κ1) is 10.4. The molecule has 1 saturated heterocycles. The second-order valence-electron chi connectivity index (χ2n) is 4.22. The summed E-state index contributed by atoms with van der Waals surface area (Å²) in [7, 11) is 2.19. The van der Waals surface area contributed by atoms with Gasteiger partial charge in [0.2, 0.25) is 5.95 Å². The average Bonchev–Trinajstić information content (AvgIpc) is 2.28. The smallest absolute Gasteiger partial charge is 0.222 e. The lowest BCUT2D eigenvalue weighted by Crippen LogP contribution is -2.35. The zero-order valence-corrected chi connectivity index (χ0v) is 9.19. The molecule has 1 aliphatic heterocycles. The van der Waals surface area contributed by atoms with Gasteiger partial charge in [-0.3, -0.25) is 0 Å². The third-order valence-electron chi connectivity index (χ3n) is 2.84. The number of anilines is 1. The summed E-state index contributed by atoms with van der Waals surface area (Å²) in [6.07, 6.45) is 6.15. The van der Waals surface area contributed by atoms with E-state index in [0.29, 0.717) is 0 Å². The van der Waals surface area contributed by atoms with Gasteiger partial charge in [-0.15, -0.1) is 0 Å². The van der Waals surface area contributed by atoms with Crippen LogP contribution >= 0.6 is 0 Å². The standard InChI is InChI=1S/C11H18N4/c1-15-7-2-4-10(9-15)8-14-11-12-5-3-6-13-11/h3,5-6,10H,2,4,7-9H2,1H3,(H,12,13,14). The quantitative estimate of drug-likeness (QED) is 0.807. The van der Waals surface area contributed by atoms with Gasteiger partial charge in [0.25, 0.3) is 0 Å². The van der Waals surface area contributed by atoms with Gasteiger partial charge in [0.1, 0.15) is 0 Å². The largest absolute Gasteiger partial charge is 0.354 e. The molecule has 15 heavy (non-hydrogen) atoms. The first-order chi connectivity index (χ1) is 7.34. The van der Waals surface area contributed by atoms with Gasteiger partial charge in [-0.05, 0) is 38.4 Å². The van der Waals surface area contributed by atoms with Gasteiger partial charge >= 0.3 is 0 Å². The monoisotopic (exact) mass is 206 g/mol. The third kappa shape index (κ3) is 3.16. The number of nitrogens with one attached hydrogen (secondary N) is 1. The molecule has 2 heterocycles. The molecule has 1 aliphatic rings. The molecule has 4 heteroatoms. The van der Waals surface area contributed by atoms with Crippen LogP contribution in [0.4, 0.5) is 5.95 Å². The lowest BCUT2D eigenvalue weighted by Gasteiger charge is -2.29. The first-order valence-electron chi connectivity index (χ1n) is 5.54. The lowest BCUT2D eigenvalue weighted by molar-refractivity contribution is 0.217. The highest BCUT2D eigenvalue weighted by Gasteiger charge is 2.16. The average molecular weight is 206 g/mol. The molecule has 1 aromatic heterocycles. The number of piperidine rings is 1. The van der Waals surface area contributed by atoms with E-state index in [1.807, 2.05) is 6.07 Å². The van der Waals surface area contributed by atoms with E-state index in [1.54, 1.807) is 12.4 Å². The molecular weight excluding hydrogens is 188 g/mol. The highest BCUT2D eigenvalue weighted by Crippen LogP contribution is 2.14. The van der Waals surface area contributed by atoms with Crippen molar-refractivity contribution >= 4 is 5.95 Å². The van der Waals surface area contributed by atoms with E-state index in [0.717, 1.165) is 18.4 Å². The highest BCUT2D eigenvalue weighted by molar-refractivity contribution is 5.21. The molecule has 82 valence electrons. The fraction of sp³-hybridized carbons (Fsp3) is 0.636. The van der Waals surface area contributed by atoms with E-state index in [-0.39, 0.29) is 0 Å². The molecule has 1 N–H and O–H groups in total. The SMILES string of the molecule is CN1CCCC(CNc2ncccn2)C1. The molecule has 0 amide bonds. The van der Waals surface area contributed by atoms with Crippen LogP contribution in [0.5, 0.6) is 0 Å². The molecule has 0 saturated carbocycles. The molecule has 0 bridgehead atoms. The van der Waals surface area contributed by atoms with Gasteiger partial charge < -0.3 is 10.2 Å². The predicted octanol–water partition coefficient (Wildman–Crippen LogP) is 1.23. The Morgan fingerprint density at radius 1 is 1.47 bits per heavy atom. The fourth-order valence-corrected chi connectivity index (χ4v) is 2.07. The van der Waals surface area contributed by atoms with Crippen LogP contribution < -0.4 is 5.32 Å². The normalized spacial score (nSPS) is 22.6. The van der Waals surface area contributed by atoms with Crippen molar-refractivity contribution in [2.24, 2.45) is 5.92 Å². The van der Waals surface area contributed by atoms with Crippen LogP contribution in [0.1, 0.15) is 12.8 Å². The van der Waals surface area contributed by atoms with E-state index in [9.17, 15) is 0 Å². The summed E-state index contributed by atoms with van der Waals surface area (Å²) in [6, 6.07) is 1.83. The van der Waals surface area contributed by atoms with Crippen molar-refractivity contribution in [1.82, 2.24) is 14.9 Å². The van der Waals surface area contributed by atoms with E-state index in [4.69, 9.17) is 0 Å². The predicted molar refractivity (Wildman–Crippen MR) is 60.7 cm³/mol. The van der Waals surface area contributed by atoms with Crippen LogP contribution in [0.2, 0.25) is 0 Å². The maximum absolute atomic E-state index is 4.15. The Bertz CT molecular complexity index is 288. The second kappa shape index (κ2) is 5.07. The molecule has 1 fully saturated rings. The van der Waals surface area contributed by atoms with Crippen LogP contribution in [0.15, 0.2) is 18.5 Å². The van der Waals surface area contributed by atoms with Crippen LogP contribution in [-0.4, -0.2) is 41.5 Å². The van der Waals surface area contributed by atoms with Gasteiger partial charge in [0.05, 0.1) is 0 Å². The maximum Gasteiger partial charge on any atom is 0.222 e. The van der Waals surface area contributed by atoms with Crippen LogP contribution in [-0.2, 0) is 0 Å². The summed E-state index contributed by atoms with van der Waals surface area (Å²) < 4.78 is 0. The Hall–Kier alpha value is -1.16. The molecule has 0 aliphatic carbocycles. The molecular formula is C11H18N4. The number of hydrogen-bond donors (Lipinski definition) is 1. The Kier molecular flexibility index (Phi) is 3.50. The first-order valence-corrected chi connectivity index (χ1v) is 5.54. The molecule has 1 atom stereocenters. The summed E-state index contributed by atoms with van der Waals surface area (Å²) in [5.74, 6) is 1.47. The minimum atomic E-state index is 0.729. The van der Waals surface area contributed by atoms with Crippen molar-refractivity contribution < 1.29 is 0 Å². The summed E-state index contributed by atoms with van der Waals surface area (Å²) in [5, 5.41) is 3.29. The number of rotatable bonds is 3. The number of likely N-dealkylation sites (tertiary alicyclic amines) is 1. The van der Waals surface area contributed by atoms with Crippen molar-refractivity contribution in [2.75, 3.05) is 32.0 Å². The Morgan fingerprint density at radius 3 is 3.00 bits per heavy atom. The van der Waals surface area contributed by atoms with Gasteiger partial charge in [-0.2, -0.15) is 0 Å². The number of nitrogens with zero attached hydrogens (tertiary/aromatic N) is 3. The minimum absolute atomic E-state index is 0.729. The molecule has 4 nitrogen and oxygen atoms in total. The lowest BCUT2D eigenvalue weighted by atomic mass is 9.99. The van der Waals surface area contributed by atoms with Crippen molar-refractivity contribution in [3.63, 3.8) is 0 Å². The number of aromatic nitrogens is 2. The zero-order valence-electron chi connectivity index (χ0n) is 9.19. The van der Waals surface area contributed by atoms with Crippen molar-refractivity contribution in [3.05, 3.63) is 18.5 Å². The summed E-state index contributed by atoms with van der Waals surface area (Å²) in [4.78, 5) is 10.7. The minimum Gasteiger partial charge on any atom is -0.354 e. The van der Waals surface area contributed by atoms with E-state index in [1.165, 1.54) is 25.9 Å². The maximum atomic E-state index is 4.15. The Morgan fingerprint density at radius 2 is 2.27 bits per heavy atom. The van der Waals surface area contributed by atoms with Gasteiger partial charge in [0.15, 0.2) is 0 Å². The third-order valence-corrected chi connectivity index (χ3v) is 2.84. The van der Waals surface area contributed by atoms with E-state index >= 15 is 0 Å². The highest BCUT2D eigenvalue weighted by atomic mass is 15.1. The second-order valence-corrected chi connectivity index (χ2v) is 4.22. The van der Waals surface area contributed by atoms with Crippen LogP contribution in [0, 0.1) is 5.92 Å².